The molecule has 0 saturated heterocycles. The molecule has 2 unspecified atom stereocenters. The Bertz CT molecular complexity index is 667. The summed E-state index contributed by atoms with van der Waals surface area (Å²) in [6.45, 7) is 3.48. The van der Waals surface area contributed by atoms with E-state index in [0.717, 1.165) is 6.42 Å². The monoisotopic (exact) mass is 272 g/mol. The predicted octanol–water partition coefficient (Wildman–Crippen LogP) is 1.57. The van der Waals surface area contributed by atoms with Crippen LogP contribution in [-0.4, -0.2) is 31.3 Å². The van der Waals surface area contributed by atoms with Gasteiger partial charge in [-0.05, 0) is 41.3 Å². The van der Waals surface area contributed by atoms with Gasteiger partial charge in [-0.1, -0.05) is 31.2 Å². The van der Waals surface area contributed by atoms with Crippen molar-refractivity contribution in [3.8, 4) is 0 Å². The van der Waals surface area contributed by atoms with Crippen molar-refractivity contribution in [2.24, 2.45) is 0 Å². The van der Waals surface area contributed by atoms with E-state index in [1.54, 1.807) is 6.92 Å². The highest BCUT2D eigenvalue weighted by Gasteiger charge is 2.41. The number of rotatable bonds is 4. The van der Waals surface area contributed by atoms with Crippen molar-refractivity contribution in [3.63, 3.8) is 0 Å². The fourth-order valence-corrected chi connectivity index (χ4v) is 2.64. The van der Waals surface area contributed by atoms with Crippen LogP contribution in [-0.2, 0) is 16.8 Å². The molecule has 1 aromatic heterocycles. The minimum absolute atomic E-state index is 0.0893. The highest BCUT2D eigenvalue weighted by atomic mass is 16.4. The number of hydrogen-bond acceptors (Lipinski definition) is 4. The maximum atomic E-state index is 11.6. The van der Waals surface area contributed by atoms with Crippen LogP contribution in [0.2, 0.25) is 0 Å². The lowest BCUT2D eigenvalue weighted by Gasteiger charge is -2.32. The number of aliphatic carboxylic acids is 1. The minimum Gasteiger partial charge on any atom is -0.479 e. The topological polar surface area (TPSA) is 80.9 Å². The Labute approximate surface area is 116 Å². The van der Waals surface area contributed by atoms with Gasteiger partial charge >= 0.3 is 5.97 Å². The summed E-state index contributed by atoms with van der Waals surface area (Å²) in [5.41, 5.74) is 1.36. The van der Waals surface area contributed by atoms with Crippen molar-refractivity contribution < 1.29 is 9.90 Å². The number of carbonyl (C=O) groups is 1. The molecule has 0 saturated carbocycles. The number of benzene rings is 1. The smallest absolute Gasteiger partial charge is 0.331 e. The van der Waals surface area contributed by atoms with Gasteiger partial charge in [-0.15, -0.1) is 5.10 Å². The first-order chi connectivity index (χ1) is 9.58. The standard InChI is InChI=1S/C14H16N4O2/c1-3-14(2,13(19)20)18-12(15-16-17-18)11-8-9-6-4-5-7-10(9)11/h4-7,11H,3,8H2,1-2H3,(H,19,20). The molecule has 0 aliphatic heterocycles. The normalized spacial score (nSPS) is 19.8. The number of nitrogens with zero attached hydrogens (tertiary/aromatic N) is 4. The van der Waals surface area contributed by atoms with E-state index in [2.05, 4.69) is 21.6 Å². The number of fused-ring (bicyclic) bond motifs is 1. The first kappa shape index (κ1) is 12.8. The number of carboxylic acid groups (broad SMARTS) is 1. The molecule has 2 atom stereocenters. The molecule has 0 spiro atoms. The molecular weight excluding hydrogens is 256 g/mol. The van der Waals surface area contributed by atoms with Crippen LogP contribution in [0.1, 0.15) is 43.1 Å². The lowest BCUT2D eigenvalue weighted by Crippen LogP contribution is -2.41. The zero-order chi connectivity index (χ0) is 14.3. The number of tetrazole rings is 1. The molecule has 3 rings (SSSR count). The first-order valence-electron chi connectivity index (χ1n) is 6.68. The Morgan fingerprint density at radius 3 is 2.90 bits per heavy atom. The number of carboxylic acids is 1. The second-order valence-electron chi connectivity index (χ2n) is 5.34. The lowest BCUT2D eigenvalue weighted by molar-refractivity contribution is -0.147. The molecule has 1 heterocycles. The van der Waals surface area contributed by atoms with E-state index in [9.17, 15) is 9.90 Å². The summed E-state index contributed by atoms with van der Waals surface area (Å²) in [6.07, 6.45) is 1.28. The number of hydrogen-bond donors (Lipinski definition) is 1. The van der Waals surface area contributed by atoms with E-state index < -0.39 is 11.5 Å². The third-order valence-corrected chi connectivity index (χ3v) is 4.28. The summed E-state index contributed by atoms with van der Waals surface area (Å²) in [5.74, 6) is -0.192. The quantitative estimate of drug-likeness (QED) is 0.913. The molecule has 0 fully saturated rings. The van der Waals surface area contributed by atoms with Crippen LogP contribution in [0, 0.1) is 0 Å². The summed E-state index contributed by atoms with van der Waals surface area (Å²) < 4.78 is 1.47. The van der Waals surface area contributed by atoms with Crippen molar-refractivity contribution in [1.29, 1.82) is 0 Å². The second kappa shape index (κ2) is 4.40. The van der Waals surface area contributed by atoms with Gasteiger partial charge in [-0.3, -0.25) is 0 Å². The summed E-state index contributed by atoms with van der Waals surface area (Å²) in [6, 6.07) is 8.11. The Morgan fingerprint density at radius 1 is 1.50 bits per heavy atom. The molecule has 0 radical (unpaired) electrons. The highest BCUT2D eigenvalue weighted by Crippen LogP contribution is 2.40. The molecule has 20 heavy (non-hydrogen) atoms. The van der Waals surface area contributed by atoms with Gasteiger partial charge < -0.3 is 5.11 Å². The van der Waals surface area contributed by atoms with Crippen molar-refractivity contribution >= 4 is 5.97 Å². The van der Waals surface area contributed by atoms with Gasteiger partial charge in [0, 0.05) is 0 Å². The van der Waals surface area contributed by atoms with Crippen LogP contribution in [0.25, 0.3) is 0 Å². The maximum Gasteiger partial charge on any atom is 0.331 e. The Morgan fingerprint density at radius 2 is 2.25 bits per heavy atom. The van der Waals surface area contributed by atoms with Crippen LogP contribution in [0.5, 0.6) is 0 Å². The van der Waals surface area contributed by atoms with Gasteiger partial charge in [-0.2, -0.15) is 0 Å². The zero-order valence-corrected chi connectivity index (χ0v) is 11.4. The van der Waals surface area contributed by atoms with Crippen molar-refractivity contribution in [1.82, 2.24) is 20.2 Å². The highest BCUT2D eigenvalue weighted by molar-refractivity contribution is 5.76. The number of aromatic nitrogens is 4. The van der Waals surface area contributed by atoms with E-state index in [-0.39, 0.29) is 5.92 Å². The van der Waals surface area contributed by atoms with E-state index in [1.165, 1.54) is 15.8 Å². The molecule has 2 aromatic rings. The van der Waals surface area contributed by atoms with Gasteiger partial charge in [0.1, 0.15) is 0 Å². The SMILES string of the molecule is CCC(C)(C(=O)O)n1nnnc1C1Cc2ccccc21. The molecule has 0 amide bonds. The minimum atomic E-state index is -1.11. The van der Waals surface area contributed by atoms with Gasteiger partial charge in [0.25, 0.3) is 0 Å². The lowest BCUT2D eigenvalue weighted by atomic mass is 9.77. The van der Waals surface area contributed by atoms with Crippen LogP contribution in [0.3, 0.4) is 0 Å². The summed E-state index contributed by atoms with van der Waals surface area (Å²) in [5, 5.41) is 21.2. The molecule has 1 N–H and O–H groups in total. The summed E-state index contributed by atoms with van der Waals surface area (Å²) in [4.78, 5) is 11.6. The second-order valence-corrected chi connectivity index (χ2v) is 5.34. The average Bonchev–Trinajstić information content (AvgIpc) is 2.88. The summed E-state index contributed by atoms with van der Waals surface area (Å²) in [7, 11) is 0. The molecular formula is C14H16N4O2. The van der Waals surface area contributed by atoms with Gasteiger partial charge in [0.15, 0.2) is 11.4 Å². The molecule has 1 aromatic carbocycles. The van der Waals surface area contributed by atoms with Crippen LogP contribution >= 0.6 is 0 Å². The van der Waals surface area contributed by atoms with E-state index in [0.29, 0.717) is 12.2 Å². The molecule has 1 aliphatic rings. The van der Waals surface area contributed by atoms with Crippen molar-refractivity contribution in [2.75, 3.05) is 0 Å². The van der Waals surface area contributed by atoms with Gasteiger partial charge in [0.2, 0.25) is 0 Å². The molecule has 6 heteroatoms. The first-order valence-corrected chi connectivity index (χ1v) is 6.68. The van der Waals surface area contributed by atoms with E-state index in [1.807, 2.05) is 25.1 Å². The fraction of sp³-hybridized carbons (Fsp3) is 0.429. The van der Waals surface area contributed by atoms with Crippen molar-refractivity contribution in [2.45, 2.75) is 38.1 Å². The molecule has 104 valence electrons. The van der Waals surface area contributed by atoms with Crippen LogP contribution < -0.4 is 0 Å². The van der Waals surface area contributed by atoms with E-state index >= 15 is 0 Å². The van der Waals surface area contributed by atoms with Crippen molar-refractivity contribution in [3.05, 3.63) is 41.2 Å². The maximum absolute atomic E-state index is 11.6. The fourth-order valence-electron chi connectivity index (χ4n) is 2.64. The van der Waals surface area contributed by atoms with Gasteiger partial charge in [-0.25, -0.2) is 9.48 Å². The Kier molecular flexibility index (Phi) is 2.81. The molecule has 0 bridgehead atoms. The largest absolute Gasteiger partial charge is 0.479 e. The zero-order valence-electron chi connectivity index (χ0n) is 11.4. The third kappa shape index (κ3) is 1.64. The Balaban J connectivity index is 2.03. The van der Waals surface area contributed by atoms with Crippen LogP contribution in [0.15, 0.2) is 24.3 Å². The van der Waals surface area contributed by atoms with Gasteiger partial charge in [0.05, 0.1) is 5.92 Å². The van der Waals surface area contributed by atoms with E-state index in [4.69, 9.17) is 0 Å². The average molecular weight is 272 g/mol. The third-order valence-electron chi connectivity index (χ3n) is 4.28. The Hall–Kier alpha value is -2.24. The molecule has 6 nitrogen and oxygen atoms in total. The predicted molar refractivity (Wildman–Crippen MR) is 71.4 cm³/mol. The summed E-state index contributed by atoms with van der Waals surface area (Å²) >= 11 is 0. The molecule has 1 aliphatic carbocycles. The van der Waals surface area contributed by atoms with Crippen LogP contribution in [0.4, 0.5) is 0 Å².